The van der Waals surface area contributed by atoms with E-state index >= 15 is 0 Å². The Balaban J connectivity index is 2.12. The van der Waals surface area contributed by atoms with Crippen molar-refractivity contribution in [3.05, 3.63) is 22.2 Å². The van der Waals surface area contributed by atoms with E-state index in [1.54, 1.807) is 0 Å². The van der Waals surface area contributed by atoms with E-state index in [1.807, 2.05) is 6.92 Å². The molecule has 4 nitrogen and oxygen atoms in total. The Morgan fingerprint density at radius 2 is 2.06 bits per heavy atom. The molecule has 1 aliphatic rings. The second kappa shape index (κ2) is 5.34. The van der Waals surface area contributed by atoms with Gasteiger partial charge in [0.2, 0.25) is 5.91 Å². The zero-order chi connectivity index (χ0) is 13.3. The molecule has 0 bridgehead atoms. The maximum absolute atomic E-state index is 12.0. The van der Waals surface area contributed by atoms with E-state index in [4.69, 9.17) is 23.2 Å². The molecule has 1 saturated heterocycles. The van der Waals surface area contributed by atoms with Crippen LogP contribution in [-0.2, 0) is 4.79 Å². The van der Waals surface area contributed by atoms with Crippen molar-refractivity contribution in [2.24, 2.45) is 5.92 Å². The zero-order valence-electron chi connectivity index (χ0n) is 9.84. The highest BCUT2D eigenvalue weighted by atomic mass is 35.5. The second-order valence-electron chi connectivity index (χ2n) is 4.42. The number of amides is 1. The van der Waals surface area contributed by atoms with Crippen molar-refractivity contribution in [1.82, 2.24) is 5.32 Å². The Hall–Kier alpha value is -0.970. The van der Waals surface area contributed by atoms with E-state index < -0.39 is 0 Å². The average molecular weight is 289 g/mol. The number of carbonyl (C=O) groups excluding carboxylic acids is 1. The van der Waals surface area contributed by atoms with Crippen LogP contribution in [0.1, 0.15) is 13.3 Å². The topological polar surface area (TPSA) is 61.4 Å². The van der Waals surface area contributed by atoms with Crippen molar-refractivity contribution in [3.8, 4) is 5.75 Å². The van der Waals surface area contributed by atoms with Crippen molar-refractivity contribution in [3.63, 3.8) is 0 Å². The van der Waals surface area contributed by atoms with Crippen molar-refractivity contribution < 1.29 is 9.90 Å². The van der Waals surface area contributed by atoms with Gasteiger partial charge in [0.25, 0.3) is 0 Å². The molecule has 6 heteroatoms. The lowest BCUT2D eigenvalue weighted by molar-refractivity contribution is -0.119. The molecule has 1 aliphatic heterocycles. The molecule has 0 aromatic heterocycles. The van der Waals surface area contributed by atoms with Crippen LogP contribution in [-0.4, -0.2) is 23.6 Å². The van der Waals surface area contributed by atoms with Crippen molar-refractivity contribution >= 4 is 34.8 Å². The number of nitrogens with one attached hydrogen (secondary N) is 2. The van der Waals surface area contributed by atoms with Gasteiger partial charge in [-0.25, -0.2) is 0 Å². The van der Waals surface area contributed by atoms with E-state index in [0.717, 1.165) is 13.0 Å². The summed E-state index contributed by atoms with van der Waals surface area (Å²) in [4.78, 5) is 12.0. The van der Waals surface area contributed by atoms with Gasteiger partial charge in [-0.1, -0.05) is 23.2 Å². The fourth-order valence-electron chi connectivity index (χ4n) is 2.09. The van der Waals surface area contributed by atoms with Crippen LogP contribution in [0.15, 0.2) is 12.1 Å². The summed E-state index contributed by atoms with van der Waals surface area (Å²) in [6.07, 6.45) is 0.812. The fourth-order valence-corrected chi connectivity index (χ4v) is 2.58. The third-order valence-corrected chi connectivity index (χ3v) is 3.72. The van der Waals surface area contributed by atoms with Crippen LogP contribution in [0.3, 0.4) is 0 Å². The largest absolute Gasteiger partial charge is 0.505 e. The van der Waals surface area contributed by atoms with Gasteiger partial charge in [0.15, 0.2) is 5.75 Å². The van der Waals surface area contributed by atoms with Crippen molar-refractivity contribution in [1.29, 1.82) is 0 Å². The number of hydrogen-bond acceptors (Lipinski definition) is 3. The van der Waals surface area contributed by atoms with Gasteiger partial charge in [-0.05, 0) is 32.0 Å². The molecule has 0 spiro atoms. The summed E-state index contributed by atoms with van der Waals surface area (Å²) in [6, 6.07) is 3.12. The minimum atomic E-state index is -0.174. The average Bonchev–Trinajstić information content (AvgIpc) is 2.72. The van der Waals surface area contributed by atoms with E-state index in [-0.39, 0.29) is 33.7 Å². The van der Waals surface area contributed by atoms with Gasteiger partial charge in [0.1, 0.15) is 0 Å². The van der Waals surface area contributed by atoms with Gasteiger partial charge in [-0.2, -0.15) is 0 Å². The molecule has 1 heterocycles. The standard InChI is InChI=1S/C12H14Cl2N2O2/c1-6-8(2-3-15-6)12(18)16-7-4-9(13)11(17)10(14)5-7/h4-6,8,15,17H,2-3H2,1H3,(H,16,18). The molecule has 0 aliphatic carbocycles. The van der Waals surface area contributed by atoms with Gasteiger partial charge in [0.05, 0.1) is 16.0 Å². The van der Waals surface area contributed by atoms with Crippen LogP contribution in [0.2, 0.25) is 10.0 Å². The van der Waals surface area contributed by atoms with Crippen LogP contribution in [0.5, 0.6) is 5.75 Å². The van der Waals surface area contributed by atoms with E-state index in [0.29, 0.717) is 5.69 Å². The molecule has 2 unspecified atom stereocenters. The van der Waals surface area contributed by atoms with Crippen LogP contribution >= 0.6 is 23.2 Å². The molecule has 0 radical (unpaired) electrons. The summed E-state index contributed by atoms with van der Waals surface area (Å²) in [5.41, 5.74) is 0.493. The third kappa shape index (κ3) is 2.71. The lowest BCUT2D eigenvalue weighted by atomic mass is 10.0. The predicted molar refractivity (Wildman–Crippen MR) is 72.3 cm³/mol. The van der Waals surface area contributed by atoms with Crippen LogP contribution in [0, 0.1) is 5.92 Å². The first-order chi connectivity index (χ1) is 8.49. The summed E-state index contributed by atoms with van der Waals surface area (Å²) >= 11 is 11.6. The Bertz CT molecular complexity index is 456. The number of halogens is 2. The summed E-state index contributed by atoms with van der Waals surface area (Å²) in [6.45, 7) is 2.82. The Labute approximate surface area is 115 Å². The number of phenolic OH excluding ortho intramolecular Hbond substituents is 1. The fraction of sp³-hybridized carbons (Fsp3) is 0.417. The zero-order valence-corrected chi connectivity index (χ0v) is 11.3. The number of benzene rings is 1. The minimum Gasteiger partial charge on any atom is -0.505 e. The van der Waals surface area contributed by atoms with Gasteiger partial charge >= 0.3 is 0 Å². The minimum absolute atomic E-state index is 0.0589. The number of hydrogen-bond donors (Lipinski definition) is 3. The molecule has 1 aromatic rings. The molecule has 98 valence electrons. The maximum Gasteiger partial charge on any atom is 0.229 e. The molecule has 3 N–H and O–H groups in total. The third-order valence-electron chi connectivity index (χ3n) is 3.15. The van der Waals surface area contributed by atoms with Gasteiger partial charge in [-0.3, -0.25) is 4.79 Å². The highest BCUT2D eigenvalue weighted by molar-refractivity contribution is 6.37. The van der Waals surface area contributed by atoms with E-state index in [9.17, 15) is 9.90 Å². The quantitative estimate of drug-likeness (QED) is 0.733. The molecular weight excluding hydrogens is 275 g/mol. The highest BCUT2D eigenvalue weighted by Crippen LogP contribution is 2.34. The molecule has 0 saturated carbocycles. The Morgan fingerprint density at radius 3 is 2.56 bits per heavy atom. The molecule has 1 amide bonds. The van der Waals surface area contributed by atoms with Crippen molar-refractivity contribution in [2.75, 3.05) is 11.9 Å². The van der Waals surface area contributed by atoms with Crippen molar-refractivity contribution in [2.45, 2.75) is 19.4 Å². The first kappa shape index (κ1) is 13.5. The number of rotatable bonds is 2. The first-order valence-corrected chi connectivity index (χ1v) is 6.47. The lowest BCUT2D eigenvalue weighted by Gasteiger charge is -2.15. The van der Waals surface area contributed by atoms with Gasteiger partial charge in [0, 0.05) is 11.7 Å². The number of phenols is 1. The second-order valence-corrected chi connectivity index (χ2v) is 5.23. The van der Waals surface area contributed by atoms with Crippen LogP contribution < -0.4 is 10.6 Å². The number of carbonyl (C=O) groups is 1. The molecule has 1 aromatic carbocycles. The van der Waals surface area contributed by atoms with Crippen LogP contribution in [0.4, 0.5) is 5.69 Å². The van der Waals surface area contributed by atoms with E-state index in [1.165, 1.54) is 12.1 Å². The van der Waals surface area contributed by atoms with E-state index in [2.05, 4.69) is 10.6 Å². The molecule has 2 atom stereocenters. The predicted octanol–water partition coefficient (Wildman–Crippen LogP) is 2.64. The Morgan fingerprint density at radius 1 is 1.44 bits per heavy atom. The number of aromatic hydroxyl groups is 1. The summed E-state index contributed by atoms with van der Waals surface area (Å²) < 4.78 is 0. The highest BCUT2D eigenvalue weighted by Gasteiger charge is 2.29. The number of anilines is 1. The first-order valence-electron chi connectivity index (χ1n) is 5.71. The lowest BCUT2D eigenvalue weighted by Crippen LogP contribution is -2.32. The maximum atomic E-state index is 12.0. The molecule has 1 fully saturated rings. The van der Waals surface area contributed by atoms with Gasteiger partial charge < -0.3 is 15.7 Å². The molecule has 2 rings (SSSR count). The molecular formula is C12H14Cl2N2O2. The Kier molecular flexibility index (Phi) is 4.00. The monoisotopic (exact) mass is 288 g/mol. The smallest absolute Gasteiger partial charge is 0.229 e. The normalized spacial score (nSPS) is 23.1. The SMILES string of the molecule is CC1NCCC1C(=O)Nc1cc(Cl)c(O)c(Cl)c1. The summed E-state index contributed by atoms with van der Waals surface area (Å²) in [5, 5.41) is 15.7. The van der Waals surface area contributed by atoms with Crippen LogP contribution in [0.25, 0.3) is 0 Å². The summed E-state index contributed by atoms with van der Waals surface area (Å²) in [7, 11) is 0. The molecule has 18 heavy (non-hydrogen) atoms. The summed E-state index contributed by atoms with van der Waals surface area (Å²) in [5.74, 6) is -0.297. The van der Waals surface area contributed by atoms with Gasteiger partial charge in [-0.15, -0.1) is 0 Å².